The molecule has 4 nitrogen and oxygen atoms in total. The van der Waals surface area contributed by atoms with E-state index in [0.717, 1.165) is 38.3 Å². The summed E-state index contributed by atoms with van der Waals surface area (Å²) in [5, 5.41) is 0. The standard InChI is InChI=1S/C17H30N2O2/c1-18(2)17(21)15-10-12-19(13-11-15)16(20)9-8-14-6-4-3-5-7-14/h14-15H,3-13H2,1-2H3. The summed E-state index contributed by atoms with van der Waals surface area (Å²) in [5.41, 5.74) is 0. The second kappa shape index (κ2) is 7.81. The van der Waals surface area contributed by atoms with Crippen molar-refractivity contribution in [1.82, 2.24) is 9.80 Å². The van der Waals surface area contributed by atoms with E-state index >= 15 is 0 Å². The van der Waals surface area contributed by atoms with Crippen LogP contribution in [0.5, 0.6) is 0 Å². The maximum absolute atomic E-state index is 12.3. The highest BCUT2D eigenvalue weighted by Crippen LogP contribution is 2.28. The first kappa shape index (κ1) is 16.3. The normalized spacial score (nSPS) is 21.3. The summed E-state index contributed by atoms with van der Waals surface area (Å²) in [7, 11) is 3.62. The van der Waals surface area contributed by atoms with Crippen LogP contribution in [0.4, 0.5) is 0 Å². The largest absolute Gasteiger partial charge is 0.349 e. The van der Waals surface area contributed by atoms with Crippen molar-refractivity contribution in [3.63, 3.8) is 0 Å². The lowest BCUT2D eigenvalue weighted by Gasteiger charge is -2.33. The third-order valence-corrected chi connectivity index (χ3v) is 5.13. The number of nitrogens with zero attached hydrogens (tertiary/aromatic N) is 2. The molecule has 0 aromatic rings. The van der Waals surface area contributed by atoms with Gasteiger partial charge in [-0.3, -0.25) is 9.59 Å². The number of carbonyl (C=O) groups excluding carboxylic acids is 2. The lowest BCUT2D eigenvalue weighted by molar-refractivity contribution is -0.139. The molecule has 2 amide bonds. The fraction of sp³-hybridized carbons (Fsp3) is 0.882. The van der Waals surface area contributed by atoms with Gasteiger partial charge in [-0.2, -0.15) is 0 Å². The van der Waals surface area contributed by atoms with E-state index in [1.165, 1.54) is 32.1 Å². The second-order valence-electron chi connectivity index (χ2n) is 6.93. The van der Waals surface area contributed by atoms with Crippen molar-refractivity contribution in [2.24, 2.45) is 11.8 Å². The molecule has 21 heavy (non-hydrogen) atoms. The summed E-state index contributed by atoms with van der Waals surface area (Å²) < 4.78 is 0. The fourth-order valence-electron chi connectivity index (χ4n) is 3.70. The molecule has 0 N–H and O–H groups in total. The quantitative estimate of drug-likeness (QED) is 0.800. The Bertz CT molecular complexity index is 354. The summed E-state index contributed by atoms with van der Waals surface area (Å²) in [4.78, 5) is 27.9. The Balaban J connectivity index is 1.69. The molecule has 1 heterocycles. The molecule has 1 saturated carbocycles. The maximum Gasteiger partial charge on any atom is 0.225 e. The average Bonchev–Trinajstić information content (AvgIpc) is 2.53. The van der Waals surface area contributed by atoms with Crippen LogP contribution >= 0.6 is 0 Å². The molecule has 0 spiro atoms. The number of likely N-dealkylation sites (tertiary alicyclic amines) is 1. The molecule has 1 aliphatic heterocycles. The van der Waals surface area contributed by atoms with Crippen molar-refractivity contribution >= 4 is 11.8 Å². The Morgan fingerprint density at radius 3 is 2.19 bits per heavy atom. The number of piperidine rings is 1. The highest BCUT2D eigenvalue weighted by Gasteiger charge is 2.28. The van der Waals surface area contributed by atoms with Crippen molar-refractivity contribution in [1.29, 1.82) is 0 Å². The van der Waals surface area contributed by atoms with E-state index in [1.54, 1.807) is 4.90 Å². The Kier molecular flexibility index (Phi) is 6.07. The molecule has 4 heteroatoms. The molecule has 120 valence electrons. The number of rotatable bonds is 4. The van der Waals surface area contributed by atoms with E-state index in [4.69, 9.17) is 0 Å². The van der Waals surface area contributed by atoms with Gasteiger partial charge in [0, 0.05) is 39.5 Å². The fourth-order valence-corrected chi connectivity index (χ4v) is 3.70. The lowest BCUT2D eigenvalue weighted by Crippen LogP contribution is -2.42. The van der Waals surface area contributed by atoms with E-state index < -0.39 is 0 Å². The Hall–Kier alpha value is -1.06. The Labute approximate surface area is 128 Å². The summed E-state index contributed by atoms with van der Waals surface area (Å²) in [6.45, 7) is 1.52. The van der Waals surface area contributed by atoms with Crippen LogP contribution < -0.4 is 0 Å². The van der Waals surface area contributed by atoms with E-state index in [-0.39, 0.29) is 11.8 Å². The zero-order valence-corrected chi connectivity index (χ0v) is 13.6. The highest BCUT2D eigenvalue weighted by molar-refractivity contribution is 5.79. The molecule has 0 unspecified atom stereocenters. The SMILES string of the molecule is CN(C)C(=O)C1CCN(C(=O)CCC2CCCCC2)CC1. The zero-order valence-electron chi connectivity index (χ0n) is 13.6. The minimum Gasteiger partial charge on any atom is -0.349 e. The summed E-state index contributed by atoms with van der Waals surface area (Å²) in [5.74, 6) is 1.40. The minimum absolute atomic E-state index is 0.113. The molecule has 2 fully saturated rings. The number of hydrogen-bond acceptors (Lipinski definition) is 2. The molecule has 2 rings (SSSR count). The highest BCUT2D eigenvalue weighted by atomic mass is 16.2. The summed E-state index contributed by atoms with van der Waals surface area (Å²) in [6, 6.07) is 0. The van der Waals surface area contributed by atoms with E-state index in [2.05, 4.69) is 0 Å². The van der Waals surface area contributed by atoms with Crippen LogP contribution in [0.2, 0.25) is 0 Å². The predicted octanol–water partition coefficient (Wildman–Crippen LogP) is 2.67. The van der Waals surface area contributed by atoms with Crippen molar-refractivity contribution in [2.45, 2.75) is 57.8 Å². The zero-order chi connectivity index (χ0) is 15.2. The average molecular weight is 294 g/mol. The monoisotopic (exact) mass is 294 g/mol. The van der Waals surface area contributed by atoms with Crippen molar-refractivity contribution < 1.29 is 9.59 Å². The van der Waals surface area contributed by atoms with E-state index in [9.17, 15) is 9.59 Å². The molecule has 1 aliphatic carbocycles. The minimum atomic E-state index is 0.113. The van der Waals surface area contributed by atoms with Crippen LogP contribution in [0.1, 0.15) is 57.8 Å². The number of hydrogen-bond donors (Lipinski definition) is 0. The van der Waals surface area contributed by atoms with Gasteiger partial charge in [-0.25, -0.2) is 0 Å². The van der Waals surface area contributed by atoms with Gasteiger partial charge in [-0.1, -0.05) is 32.1 Å². The summed E-state index contributed by atoms with van der Waals surface area (Å²) in [6.07, 6.45) is 10.1. The second-order valence-corrected chi connectivity index (χ2v) is 6.93. The van der Waals surface area contributed by atoms with Gasteiger partial charge in [0.05, 0.1) is 0 Å². The molecule has 0 atom stereocenters. The van der Waals surface area contributed by atoms with Crippen LogP contribution in [-0.2, 0) is 9.59 Å². The molecular weight excluding hydrogens is 264 g/mol. The first-order chi connectivity index (χ1) is 10.1. The number of amides is 2. The third-order valence-electron chi connectivity index (χ3n) is 5.13. The first-order valence-corrected chi connectivity index (χ1v) is 8.57. The Morgan fingerprint density at radius 1 is 1.00 bits per heavy atom. The van der Waals surface area contributed by atoms with Crippen LogP contribution in [0.15, 0.2) is 0 Å². The van der Waals surface area contributed by atoms with Crippen molar-refractivity contribution in [3.8, 4) is 0 Å². The molecule has 0 aromatic carbocycles. The van der Waals surface area contributed by atoms with Crippen LogP contribution in [-0.4, -0.2) is 48.8 Å². The van der Waals surface area contributed by atoms with Crippen LogP contribution in [0, 0.1) is 11.8 Å². The van der Waals surface area contributed by atoms with Crippen LogP contribution in [0.3, 0.4) is 0 Å². The molecule has 2 aliphatic rings. The van der Waals surface area contributed by atoms with Crippen molar-refractivity contribution in [2.75, 3.05) is 27.2 Å². The van der Waals surface area contributed by atoms with Crippen molar-refractivity contribution in [3.05, 3.63) is 0 Å². The van der Waals surface area contributed by atoms with E-state index in [1.807, 2.05) is 19.0 Å². The van der Waals surface area contributed by atoms with Gasteiger partial charge in [0.25, 0.3) is 0 Å². The van der Waals surface area contributed by atoms with Gasteiger partial charge in [0.15, 0.2) is 0 Å². The van der Waals surface area contributed by atoms with Gasteiger partial charge >= 0.3 is 0 Å². The van der Waals surface area contributed by atoms with Gasteiger partial charge < -0.3 is 9.80 Å². The van der Waals surface area contributed by atoms with Crippen LogP contribution in [0.25, 0.3) is 0 Å². The van der Waals surface area contributed by atoms with Gasteiger partial charge in [-0.15, -0.1) is 0 Å². The Morgan fingerprint density at radius 2 is 1.62 bits per heavy atom. The molecule has 0 aromatic heterocycles. The topological polar surface area (TPSA) is 40.6 Å². The number of carbonyl (C=O) groups is 2. The lowest BCUT2D eigenvalue weighted by atomic mass is 9.86. The molecular formula is C17H30N2O2. The van der Waals surface area contributed by atoms with Gasteiger partial charge in [0.1, 0.15) is 0 Å². The van der Waals surface area contributed by atoms with Gasteiger partial charge in [-0.05, 0) is 25.2 Å². The first-order valence-electron chi connectivity index (χ1n) is 8.57. The third kappa shape index (κ3) is 4.72. The molecule has 1 saturated heterocycles. The smallest absolute Gasteiger partial charge is 0.225 e. The summed E-state index contributed by atoms with van der Waals surface area (Å²) >= 11 is 0. The van der Waals surface area contributed by atoms with E-state index in [0.29, 0.717) is 12.3 Å². The molecule has 0 bridgehead atoms. The maximum atomic E-state index is 12.3. The predicted molar refractivity (Wildman–Crippen MR) is 83.8 cm³/mol. The van der Waals surface area contributed by atoms with Gasteiger partial charge in [0.2, 0.25) is 11.8 Å². The molecule has 0 radical (unpaired) electrons.